The summed E-state index contributed by atoms with van der Waals surface area (Å²) >= 11 is 0. The summed E-state index contributed by atoms with van der Waals surface area (Å²) in [5, 5.41) is 2.58. The Labute approximate surface area is 112 Å². The van der Waals surface area contributed by atoms with Gasteiger partial charge in [0, 0.05) is 6.42 Å². The molecule has 0 saturated heterocycles. The number of rotatable bonds is 5. The van der Waals surface area contributed by atoms with E-state index in [9.17, 15) is 9.18 Å². The van der Waals surface area contributed by atoms with Crippen molar-refractivity contribution < 1.29 is 9.18 Å². The van der Waals surface area contributed by atoms with E-state index in [1.165, 1.54) is 11.6 Å². The number of para-hydroxylation sites is 1. The van der Waals surface area contributed by atoms with Crippen LogP contribution in [0.5, 0.6) is 0 Å². The van der Waals surface area contributed by atoms with Crippen molar-refractivity contribution in [3.05, 3.63) is 66.0 Å². The molecule has 2 nitrogen and oxygen atoms in total. The Hall–Kier alpha value is -2.16. The maximum Gasteiger partial charge on any atom is 0.224 e. The Morgan fingerprint density at radius 3 is 2.42 bits per heavy atom. The first kappa shape index (κ1) is 13.3. The van der Waals surface area contributed by atoms with Crippen LogP contribution in [0.3, 0.4) is 0 Å². The molecule has 0 radical (unpaired) electrons. The molecule has 0 unspecified atom stereocenters. The lowest BCUT2D eigenvalue weighted by Crippen LogP contribution is -2.12. The second-order valence-electron chi connectivity index (χ2n) is 4.37. The number of aryl methyl sites for hydroxylation is 1. The highest BCUT2D eigenvalue weighted by Crippen LogP contribution is 2.13. The van der Waals surface area contributed by atoms with E-state index in [1.54, 1.807) is 18.2 Å². The first-order chi connectivity index (χ1) is 9.25. The zero-order valence-electron chi connectivity index (χ0n) is 10.6. The molecule has 0 aliphatic carbocycles. The summed E-state index contributed by atoms with van der Waals surface area (Å²) < 4.78 is 13.3. The molecule has 0 heterocycles. The SMILES string of the molecule is O=C(CCCc1ccccc1)Nc1ccccc1F. The average Bonchev–Trinajstić information content (AvgIpc) is 2.43. The molecule has 0 saturated carbocycles. The van der Waals surface area contributed by atoms with Crippen LogP contribution >= 0.6 is 0 Å². The van der Waals surface area contributed by atoms with Crippen molar-refractivity contribution in [2.75, 3.05) is 5.32 Å². The molecular formula is C16H16FNO. The van der Waals surface area contributed by atoms with Gasteiger partial charge in [-0.25, -0.2) is 4.39 Å². The maximum atomic E-state index is 13.3. The molecule has 0 bridgehead atoms. The highest BCUT2D eigenvalue weighted by molar-refractivity contribution is 5.90. The Kier molecular flexibility index (Phi) is 4.67. The summed E-state index contributed by atoms with van der Waals surface area (Å²) in [6.07, 6.45) is 2.00. The molecule has 0 aliphatic heterocycles. The molecule has 98 valence electrons. The van der Waals surface area contributed by atoms with Gasteiger partial charge in [-0.15, -0.1) is 0 Å². The van der Waals surface area contributed by atoms with E-state index in [2.05, 4.69) is 5.32 Å². The Morgan fingerprint density at radius 1 is 1.00 bits per heavy atom. The third-order valence-electron chi connectivity index (χ3n) is 2.86. The molecule has 2 aromatic rings. The van der Waals surface area contributed by atoms with Crippen LogP contribution in [0.1, 0.15) is 18.4 Å². The van der Waals surface area contributed by atoms with E-state index in [0.29, 0.717) is 6.42 Å². The third kappa shape index (κ3) is 4.21. The lowest BCUT2D eigenvalue weighted by Gasteiger charge is -2.06. The van der Waals surface area contributed by atoms with E-state index in [1.807, 2.05) is 30.3 Å². The fraction of sp³-hybridized carbons (Fsp3) is 0.188. The van der Waals surface area contributed by atoms with Gasteiger partial charge < -0.3 is 5.32 Å². The van der Waals surface area contributed by atoms with Gasteiger partial charge in [0.2, 0.25) is 5.91 Å². The number of carbonyl (C=O) groups excluding carboxylic acids is 1. The molecule has 0 aromatic heterocycles. The minimum Gasteiger partial charge on any atom is -0.324 e. The second-order valence-corrected chi connectivity index (χ2v) is 4.37. The molecule has 0 atom stereocenters. The zero-order chi connectivity index (χ0) is 13.5. The topological polar surface area (TPSA) is 29.1 Å². The molecule has 2 rings (SSSR count). The van der Waals surface area contributed by atoms with Gasteiger partial charge in [0.1, 0.15) is 5.82 Å². The van der Waals surface area contributed by atoms with Gasteiger partial charge in [0.15, 0.2) is 0 Å². The minimum absolute atomic E-state index is 0.152. The number of anilines is 1. The molecule has 1 N–H and O–H groups in total. The summed E-state index contributed by atoms with van der Waals surface area (Å²) in [6, 6.07) is 16.2. The first-order valence-electron chi connectivity index (χ1n) is 6.34. The van der Waals surface area contributed by atoms with Crippen molar-refractivity contribution in [2.24, 2.45) is 0 Å². The fourth-order valence-corrected chi connectivity index (χ4v) is 1.87. The van der Waals surface area contributed by atoms with Crippen molar-refractivity contribution in [3.8, 4) is 0 Å². The van der Waals surface area contributed by atoms with E-state index >= 15 is 0 Å². The van der Waals surface area contributed by atoms with Crippen molar-refractivity contribution >= 4 is 11.6 Å². The molecular weight excluding hydrogens is 241 g/mol. The van der Waals surface area contributed by atoms with E-state index in [0.717, 1.165) is 12.8 Å². The number of nitrogens with one attached hydrogen (secondary N) is 1. The predicted octanol–water partition coefficient (Wildman–Crippen LogP) is 3.79. The molecule has 2 aromatic carbocycles. The smallest absolute Gasteiger partial charge is 0.224 e. The van der Waals surface area contributed by atoms with Gasteiger partial charge in [-0.2, -0.15) is 0 Å². The van der Waals surface area contributed by atoms with Gasteiger partial charge in [0.25, 0.3) is 0 Å². The number of hydrogen-bond acceptors (Lipinski definition) is 1. The summed E-state index contributed by atoms with van der Waals surface area (Å²) in [5.41, 5.74) is 1.45. The van der Waals surface area contributed by atoms with Crippen LogP contribution in [0.25, 0.3) is 0 Å². The number of carbonyl (C=O) groups is 1. The summed E-state index contributed by atoms with van der Waals surface area (Å²) in [4.78, 5) is 11.7. The Morgan fingerprint density at radius 2 is 1.68 bits per heavy atom. The first-order valence-corrected chi connectivity index (χ1v) is 6.34. The lowest BCUT2D eigenvalue weighted by molar-refractivity contribution is -0.116. The van der Waals surface area contributed by atoms with Gasteiger partial charge >= 0.3 is 0 Å². The summed E-state index contributed by atoms with van der Waals surface area (Å²) in [5.74, 6) is -0.556. The largest absolute Gasteiger partial charge is 0.324 e. The number of halogens is 1. The van der Waals surface area contributed by atoms with Crippen LogP contribution in [-0.2, 0) is 11.2 Å². The fourth-order valence-electron chi connectivity index (χ4n) is 1.87. The minimum atomic E-state index is -0.404. The van der Waals surface area contributed by atoms with Gasteiger partial charge in [-0.1, -0.05) is 42.5 Å². The standard InChI is InChI=1S/C16H16FNO/c17-14-10-4-5-11-15(14)18-16(19)12-6-9-13-7-2-1-3-8-13/h1-5,7-8,10-11H,6,9,12H2,(H,18,19). The summed E-state index contributed by atoms with van der Waals surface area (Å²) in [6.45, 7) is 0. The highest BCUT2D eigenvalue weighted by Gasteiger charge is 2.05. The quantitative estimate of drug-likeness (QED) is 0.867. The van der Waals surface area contributed by atoms with E-state index < -0.39 is 5.82 Å². The monoisotopic (exact) mass is 257 g/mol. The molecule has 0 spiro atoms. The predicted molar refractivity (Wildman–Crippen MR) is 74.4 cm³/mol. The van der Waals surface area contributed by atoms with Crippen molar-refractivity contribution in [2.45, 2.75) is 19.3 Å². The molecule has 0 fully saturated rings. The van der Waals surface area contributed by atoms with Crippen LogP contribution in [0.15, 0.2) is 54.6 Å². The normalized spacial score (nSPS) is 10.2. The maximum absolute atomic E-state index is 13.3. The Bertz CT molecular complexity index is 539. The molecule has 19 heavy (non-hydrogen) atoms. The van der Waals surface area contributed by atoms with Crippen molar-refractivity contribution in [1.82, 2.24) is 0 Å². The van der Waals surface area contributed by atoms with Crippen LogP contribution < -0.4 is 5.32 Å². The van der Waals surface area contributed by atoms with Crippen LogP contribution in [0.4, 0.5) is 10.1 Å². The van der Waals surface area contributed by atoms with Crippen LogP contribution in [-0.4, -0.2) is 5.91 Å². The highest BCUT2D eigenvalue weighted by atomic mass is 19.1. The van der Waals surface area contributed by atoms with Gasteiger partial charge in [-0.3, -0.25) is 4.79 Å². The van der Waals surface area contributed by atoms with Crippen LogP contribution in [0.2, 0.25) is 0 Å². The van der Waals surface area contributed by atoms with E-state index in [4.69, 9.17) is 0 Å². The van der Waals surface area contributed by atoms with Gasteiger partial charge in [-0.05, 0) is 30.5 Å². The molecule has 1 amide bonds. The van der Waals surface area contributed by atoms with Crippen molar-refractivity contribution in [1.29, 1.82) is 0 Å². The number of hydrogen-bond donors (Lipinski definition) is 1. The number of benzene rings is 2. The van der Waals surface area contributed by atoms with E-state index in [-0.39, 0.29) is 11.6 Å². The zero-order valence-corrected chi connectivity index (χ0v) is 10.6. The average molecular weight is 257 g/mol. The molecule has 3 heteroatoms. The van der Waals surface area contributed by atoms with Gasteiger partial charge in [0.05, 0.1) is 5.69 Å². The Balaban J connectivity index is 1.78. The van der Waals surface area contributed by atoms with Crippen LogP contribution in [0, 0.1) is 5.82 Å². The van der Waals surface area contributed by atoms with Crippen molar-refractivity contribution in [3.63, 3.8) is 0 Å². The number of amides is 1. The lowest BCUT2D eigenvalue weighted by atomic mass is 10.1. The second kappa shape index (κ2) is 6.69. The third-order valence-corrected chi connectivity index (χ3v) is 2.86. The summed E-state index contributed by atoms with van der Waals surface area (Å²) in [7, 11) is 0. The molecule has 0 aliphatic rings.